The van der Waals surface area contributed by atoms with Crippen LogP contribution >= 0.6 is 0 Å². The number of nitriles is 1. The molecule has 0 aliphatic heterocycles. The first-order chi connectivity index (χ1) is 7.66. The molecule has 0 aromatic heterocycles. The molecule has 1 aromatic carbocycles. The van der Waals surface area contributed by atoms with Crippen molar-refractivity contribution in [3.05, 3.63) is 35.4 Å². The van der Waals surface area contributed by atoms with Crippen molar-refractivity contribution in [3.8, 4) is 6.07 Å². The molecule has 1 aromatic rings. The second-order valence-corrected chi connectivity index (χ2v) is 4.63. The van der Waals surface area contributed by atoms with Crippen LogP contribution in [-0.2, 0) is 10.2 Å². The molecule has 2 nitrogen and oxygen atoms in total. The van der Waals surface area contributed by atoms with Crippen LogP contribution < -0.4 is 0 Å². The summed E-state index contributed by atoms with van der Waals surface area (Å²) in [5.41, 5.74) is 1.58. The molecule has 82 valence electrons. The second kappa shape index (κ2) is 4.09. The molecular weight excluding hydrogens is 198 g/mol. The van der Waals surface area contributed by atoms with Crippen LogP contribution in [0.1, 0.15) is 36.8 Å². The molecule has 2 rings (SSSR count). The molecule has 0 heterocycles. The highest BCUT2D eigenvalue weighted by Crippen LogP contribution is 2.37. The lowest BCUT2D eigenvalue weighted by molar-refractivity contribution is -0.121. The van der Waals surface area contributed by atoms with Gasteiger partial charge in [-0.1, -0.05) is 29.8 Å². The summed E-state index contributed by atoms with van der Waals surface area (Å²) in [4.78, 5) is 11.5. The number of Topliss-reactive ketones (excluding diaryl/α,β-unsaturated/α-hetero) is 1. The lowest BCUT2D eigenvalue weighted by Crippen LogP contribution is -2.31. The quantitative estimate of drug-likeness (QED) is 0.719. The Morgan fingerprint density at radius 2 is 2.25 bits per heavy atom. The summed E-state index contributed by atoms with van der Waals surface area (Å²) in [7, 11) is 0. The fourth-order valence-corrected chi connectivity index (χ4v) is 2.45. The van der Waals surface area contributed by atoms with Gasteiger partial charge in [-0.3, -0.25) is 4.79 Å². The van der Waals surface area contributed by atoms with Crippen molar-refractivity contribution in [2.75, 3.05) is 0 Å². The van der Waals surface area contributed by atoms with Crippen molar-refractivity contribution < 1.29 is 4.79 Å². The van der Waals surface area contributed by atoms with Gasteiger partial charge in [0.1, 0.15) is 5.78 Å². The van der Waals surface area contributed by atoms with Crippen molar-refractivity contribution in [1.29, 1.82) is 5.26 Å². The minimum absolute atomic E-state index is 0.217. The number of ketones is 1. The molecule has 1 atom stereocenters. The van der Waals surface area contributed by atoms with Gasteiger partial charge in [0.25, 0.3) is 0 Å². The van der Waals surface area contributed by atoms with E-state index in [2.05, 4.69) is 6.07 Å². The van der Waals surface area contributed by atoms with Gasteiger partial charge in [0, 0.05) is 12.8 Å². The Hall–Kier alpha value is -1.62. The molecular formula is C14H15NO. The highest BCUT2D eigenvalue weighted by atomic mass is 16.1. The average molecular weight is 213 g/mol. The summed E-state index contributed by atoms with van der Waals surface area (Å²) in [6.07, 6.45) is 2.65. The normalized spacial score (nSPS) is 25.1. The Bertz CT molecular complexity index is 458. The smallest absolute Gasteiger partial charge is 0.134 e. The lowest BCUT2D eigenvalue weighted by Gasteiger charge is -2.30. The first-order valence-corrected chi connectivity index (χ1v) is 5.66. The number of rotatable bonds is 1. The predicted molar refractivity (Wildman–Crippen MR) is 61.9 cm³/mol. The van der Waals surface area contributed by atoms with Crippen LogP contribution in [-0.4, -0.2) is 5.78 Å². The average Bonchev–Trinajstić information content (AvgIpc) is 2.29. The van der Waals surface area contributed by atoms with Crippen LogP contribution in [0.25, 0.3) is 0 Å². The van der Waals surface area contributed by atoms with E-state index in [0.717, 1.165) is 24.0 Å². The molecule has 1 fully saturated rings. The molecule has 0 bridgehead atoms. The first kappa shape index (κ1) is 10.9. The lowest BCUT2D eigenvalue weighted by atomic mass is 9.70. The molecule has 0 N–H and O–H groups in total. The maximum atomic E-state index is 11.5. The van der Waals surface area contributed by atoms with Gasteiger partial charge in [-0.25, -0.2) is 0 Å². The molecule has 0 spiro atoms. The molecule has 0 amide bonds. The number of nitrogens with zero attached hydrogens (tertiary/aromatic N) is 1. The van der Waals surface area contributed by atoms with Crippen LogP contribution in [0.3, 0.4) is 0 Å². The third kappa shape index (κ3) is 1.86. The molecule has 1 aliphatic carbocycles. The van der Waals surface area contributed by atoms with Crippen LogP contribution in [0.15, 0.2) is 24.3 Å². The summed E-state index contributed by atoms with van der Waals surface area (Å²) >= 11 is 0. The summed E-state index contributed by atoms with van der Waals surface area (Å²) in [6.45, 7) is 2.01. The monoisotopic (exact) mass is 213 g/mol. The van der Waals surface area contributed by atoms with Gasteiger partial charge in [0.15, 0.2) is 0 Å². The van der Waals surface area contributed by atoms with Gasteiger partial charge in [-0.15, -0.1) is 0 Å². The van der Waals surface area contributed by atoms with E-state index in [-0.39, 0.29) is 5.78 Å². The number of benzene rings is 1. The van der Waals surface area contributed by atoms with E-state index < -0.39 is 5.41 Å². The molecule has 1 aliphatic rings. The van der Waals surface area contributed by atoms with Gasteiger partial charge in [-0.05, 0) is 25.3 Å². The van der Waals surface area contributed by atoms with Gasteiger partial charge < -0.3 is 0 Å². The topological polar surface area (TPSA) is 40.9 Å². The molecule has 1 unspecified atom stereocenters. The Morgan fingerprint density at radius 1 is 1.44 bits per heavy atom. The highest BCUT2D eigenvalue weighted by molar-refractivity contribution is 5.81. The van der Waals surface area contributed by atoms with E-state index in [9.17, 15) is 10.1 Å². The Labute approximate surface area is 95.9 Å². The van der Waals surface area contributed by atoms with Crippen molar-refractivity contribution in [2.24, 2.45) is 0 Å². The molecule has 16 heavy (non-hydrogen) atoms. The van der Waals surface area contributed by atoms with E-state index in [4.69, 9.17) is 0 Å². The number of carbonyl (C=O) groups excluding carboxylic acids is 1. The third-order valence-corrected chi connectivity index (χ3v) is 3.34. The molecule has 0 radical (unpaired) electrons. The van der Waals surface area contributed by atoms with E-state index in [1.807, 2.05) is 31.2 Å². The number of carbonyl (C=O) groups is 1. The minimum Gasteiger partial charge on any atom is -0.300 e. The van der Waals surface area contributed by atoms with E-state index >= 15 is 0 Å². The van der Waals surface area contributed by atoms with Gasteiger partial charge >= 0.3 is 0 Å². The zero-order valence-corrected chi connectivity index (χ0v) is 9.49. The second-order valence-electron chi connectivity index (χ2n) is 4.63. The maximum Gasteiger partial charge on any atom is 0.134 e. The van der Waals surface area contributed by atoms with Crippen LogP contribution in [0.2, 0.25) is 0 Å². The maximum absolute atomic E-state index is 11.5. The minimum atomic E-state index is -0.568. The van der Waals surface area contributed by atoms with Gasteiger partial charge in [0.2, 0.25) is 0 Å². The SMILES string of the molecule is Cc1cccc(C2(C#N)CCCC(=O)C2)c1. The largest absolute Gasteiger partial charge is 0.300 e. The zero-order chi connectivity index (χ0) is 11.6. The predicted octanol–water partition coefficient (Wildman–Crippen LogP) is 2.90. The van der Waals surface area contributed by atoms with Crippen LogP contribution in [0.4, 0.5) is 0 Å². The van der Waals surface area contributed by atoms with Crippen molar-refractivity contribution in [3.63, 3.8) is 0 Å². The van der Waals surface area contributed by atoms with Crippen LogP contribution in [0, 0.1) is 18.3 Å². The Kier molecular flexibility index (Phi) is 2.78. The van der Waals surface area contributed by atoms with Gasteiger partial charge in [-0.2, -0.15) is 5.26 Å². The summed E-state index contributed by atoms with van der Waals surface area (Å²) in [5, 5.41) is 9.40. The molecule has 1 saturated carbocycles. The Morgan fingerprint density at radius 3 is 2.88 bits per heavy atom. The van der Waals surface area contributed by atoms with E-state index in [1.165, 1.54) is 0 Å². The number of hydrogen-bond donors (Lipinski definition) is 0. The number of hydrogen-bond acceptors (Lipinski definition) is 2. The summed E-state index contributed by atoms with van der Waals surface area (Å²) in [6, 6.07) is 10.3. The molecule has 2 heteroatoms. The van der Waals surface area contributed by atoms with E-state index in [0.29, 0.717) is 12.8 Å². The summed E-state index contributed by atoms with van der Waals surface area (Å²) < 4.78 is 0. The highest BCUT2D eigenvalue weighted by Gasteiger charge is 2.37. The zero-order valence-electron chi connectivity index (χ0n) is 9.49. The van der Waals surface area contributed by atoms with Crippen LogP contribution in [0.5, 0.6) is 0 Å². The summed E-state index contributed by atoms with van der Waals surface area (Å²) in [5.74, 6) is 0.217. The standard InChI is InChI=1S/C14H15NO/c1-11-4-2-5-12(8-11)14(10-15)7-3-6-13(16)9-14/h2,4-5,8H,3,6-7,9H2,1H3. The molecule has 0 saturated heterocycles. The number of aryl methyl sites for hydroxylation is 1. The third-order valence-electron chi connectivity index (χ3n) is 3.34. The fraction of sp³-hybridized carbons (Fsp3) is 0.429. The van der Waals surface area contributed by atoms with Crippen molar-refractivity contribution >= 4 is 5.78 Å². The fourth-order valence-electron chi connectivity index (χ4n) is 2.45. The first-order valence-electron chi connectivity index (χ1n) is 5.66. The Balaban J connectivity index is 2.42. The van der Waals surface area contributed by atoms with E-state index in [1.54, 1.807) is 0 Å². The van der Waals surface area contributed by atoms with Crippen molar-refractivity contribution in [1.82, 2.24) is 0 Å². The van der Waals surface area contributed by atoms with Crippen molar-refractivity contribution in [2.45, 2.75) is 38.0 Å². The van der Waals surface area contributed by atoms with Gasteiger partial charge in [0.05, 0.1) is 11.5 Å².